The van der Waals surface area contributed by atoms with Crippen LogP contribution in [0.15, 0.2) is 47.1 Å². The third-order valence-electron chi connectivity index (χ3n) is 9.34. The number of aromatic nitrogens is 1. The van der Waals surface area contributed by atoms with E-state index in [1.54, 1.807) is 13.8 Å². The average molecular weight is 615 g/mol. The lowest BCUT2D eigenvalue weighted by Gasteiger charge is -2.37. The summed E-state index contributed by atoms with van der Waals surface area (Å²) in [5.74, 6) is -0.901. The van der Waals surface area contributed by atoms with Crippen LogP contribution in [0, 0.1) is 12.8 Å². The highest BCUT2D eigenvalue weighted by molar-refractivity contribution is 6.06. The summed E-state index contributed by atoms with van der Waals surface area (Å²) in [5, 5.41) is 6.09. The zero-order valence-electron chi connectivity index (χ0n) is 27.2. The van der Waals surface area contributed by atoms with Gasteiger partial charge in [0.2, 0.25) is 5.91 Å². The van der Waals surface area contributed by atoms with Crippen molar-refractivity contribution < 1.29 is 19.1 Å². The van der Waals surface area contributed by atoms with E-state index in [-0.39, 0.29) is 36.3 Å². The van der Waals surface area contributed by atoms with Crippen molar-refractivity contribution in [3.8, 4) is 11.1 Å². The van der Waals surface area contributed by atoms with Crippen molar-refractivity contribution in [1.29, 1.82) is 0 Å². The maximum Gasteiger partial charge on any atom is 0.254 e. The fraction of sp³-hybridized carbons (Fsp3) is 0.514. The van der Waals surface area contributed by atoms with E-state index in [9.17, 15) is 14.4 Å². The lowest BCUT2D eigenvalue weighted by atomic mass is 9.89. The number of hydrogen-bond acceptors (Lipinski definition) is 7. The number of dihydropyridines is 1. The van der Waals surface area contributed by atoms with E-state index in [4.69, 9.17) is 9.72 Å². The van der Waals surface area contributed by atoms with Crippen LogP contribution < -0.4 is 15.5 Å². The van der Waals surface area contributed by atoms with E-state index in [0.29, 0.717) is 11.3 Å². The van der Waals surface area contributed by atoms with E-state index >= 15 is 0 Å². The Kier molecular flexibility index (Phi) is 10.5. The molecular weight excluding hydrogens is 568 g/mol. The number of nitrogens with one attached hydrogen (secondary N) is 2. The van der Waals surface area contributed by atoms with E-state index in [1.807, 2.05) is 32.2 Å². The highest BCUT2D eigenvalue weighted by atomic mass is 16.5. The van der Waals surface area contributed by atoms with Gasteiger partial charge in [0, 0.05) is 81.0 Å². The highest BCUT2D eigenvalue weighted by Crippen LogP contribution is 2.34. The van der Waals surface area contributed by atoms with Crippen LogP contribution in [0.1, 0.15) is 68.1 Å². The van der Waals surface area contributed by atoms with Gasteiger partial charge in [-0.15, -0.1) is 0 Å². The first kappa shape index (κ1) is 32.5. The molecule has 1 aromatic carbocycles. The summed E-state index contributed by atoms with van der Waals surface area (Å²) in [4.78, 5) is 51.5. The Morgan fingerprint density at radius 3 is 2.42 bits per heavy atom. The summed E-state index contributed by atoms with van der Waals surface area (Å²) >= 11 is 0. The second-order valence-electron chi connectivity index (χ2n) is 12.7. The molecule has 240 valence electrons. The Morgan fingerprint density at radius 2 is 1.78 bits per heavy atom. The van der Waals surface area contributed by atoms with E-state index in [0.717, 1.165) is 92.2 Å². The van der Waals surface area contributed by atoms with Crippen molar-refractivity contribution >= 4 is 29.1 Å². The van der Waals surface area contributed by atoms with Crippen LogP contribution in [0.5, 0.6) is 0 Å². The topological polar surface area (TPSA) is 116 Å². The number of aliphatic imine (C=N–C) groups is 1. The van der Waals surface area contributed by atoms with Crippen LogP contribution in [0.2, 0.25) is 0 Å². The summed E-state index contributed by atoms with van der Waals surface area (Å²) in [6, 6.07) is 8.71. The maximum absolute atomic E-state index is 13.8. The van der Waals surface area contributed by atoms with Gasteiger partial charge in [0.1, 0.15) is 0 Å². The number of allylic oxidation sites excluding steroid dienone is 1. The molecule has 1 saturated heterocycles. The number of anilines is 1. The fourth-order valence-corrected chi connectivity index (χ4v) is 6.68. The number of ether oxygens (including phenoxy) is 1. The first-order valence-corrected chi connectivity index (χ1v) is 16.0. The van der Waals surface area contributed by atoms with Crippen LogP contribution in [0.3, 0.4) is 0 Å². The molecule has 1 aromatic heterocycles. The molecule has 2 N–H and O–H groups in total. The fourth-order valence-electron chi connectivity index (χ4n) is 6.68. The molecule has 45 heavy (non-hydrogen) atoms. The lowest BCUT2D eigenvalue weighted by molar-refractivity contribution is -0.121. The first-order chi connectivity index (χ1) is 21.6. The smallest absolute Gasteiger partial charge is 0.254 e. The SMILES string of the molecule is CC(=O)NC1CCC(N(C)c2cc(-c3ccc(CN4CCOCC4)nc3)cc(C(=O)NCC3C(=O)N=C(C)C=C3C)c2C)CC1. The molecule has 0 radical (unpaired) electrons. The second-order valence-corrected chi connectivity index (χ2v) is 12.7. The molecule has 3 amide bonds. The third-order valence-corrected chi connectivity index (χ3v) is 9.34. The number of amides is 3. The molecule has 3 aliphatic rings. The molecular formula is C35H46N6O4. The average Bonchev–Trinajstić information content (AvgIpc) is 3.01. The third kappa shape index (κ3) is 8.04. The van der Waals surface area contributed by atoms with E-state index in [2.05, 4.69) is 50.7 Å². The molecule has 10 nitrogen and oxygen atoms in total. The van der Waals surface area contributed by atoms with Crippen molar-refractivity contribution in [2.24, 2.45) is 10.9 Å². The van der Waals surface area contributed by atoms with Crippen LogP contribution in [-0.4, -0.2) is 85.3 Å². The lowest BCUT2D eigenvalue weighted by Crippen LogP contribution is -2.42. The molecule has 2 aromatic rings. The van der Waals surface area contributed by atoms with Gasteiger partial charge in [-0.2, -0.15) is 0 Å². The summed E-state index contributed by atoms with van der Waals surface area (Å²) in [5.41, 5.74) is 6.88. The first-order valence-electron chi connectivity index (χ1n) is 16.0. The normalized spacial score (nSPS) is 22.3. The van der Waals surface area contributed by atoms with Crippen LogP contribution in [0.25, 0.3) is 11.1 Å². The number of carbonyl (C=O) groups is 3. The number of pyridine rings is 1. The van der Waals surface area contributed by atoms with Gasteiger partial charge in [-0.25, -0.2) is 4.99 Å². The summed E-state index contributed by atoms with van der Waals surface area (Å²) < 4.78 is 5.48. The maximum atomic E-state index is 13.8. The van der Waals surface area contributed by atoms with Crippen LogP contribution in [-0.2, 0) is 20.9 Å². The molecule has 10 heteroatoms. The van der Waals surface area contributed by atoms with Crippen molar-refractivity contribution in [2.75, 3.05) is 44.8 Å². The Bertz CT molecular complexity index is 1470. The minimum atomic E-state index is -0.467. The summed E-state index contributed by atoms with van der Waals surface area (Å²) in [7, 11) is 2.09. The zero-order valence-corrected chi connectivity index (χ0v) is 27.2. The molecule has 3 heterocycles. The number of hydrogen-bond donors (Lipinski definition) is 2. The number of nitrogens with zero attached hydrogens (tertiary/aromatic N) is 4. The predicted molar refractivity (Wildman–Crippen MR) is 176 cm³/mol. The summed E-state index contributed by atoms with van der Waals surface area (Å²) in [6.45, 7) is 11.5. The van der Waals surface area contributed by atoms with Gasteiger partial charge in [0.25, 0.3) is 11.8 Å². The van der Waals surface area contributed by atoms with Crippen molar-refractivity contribution in [3.05, 3.63) is 58.9 Å². The number of rotatable bonds is 9. The quantitative estimate of drug-likeness (QED) is 0.438. The van der Waals surface area contributed by atoms with Crippen molar-refractivity contribution in [2.45, 2.75) is 72.0 Å². The van der Waals surface area contributed by atoms with E-state index < -0.39 is 5.92 Å². The Hall–Kier alpha value is -3.89. The standard InChI is InChI=1S/C35H46N6O4/c1-22-16-23(2)38-35(44)32(22)20-37-34(43)31-17-27(26-6-7-29(36-19-26)21-41-12-14-45-15-13-41)18-33(24(31)3)40(5)30-10-8-28(9-11-30)39-25(4)42/h6-7,16-19,28,30,32H,8-15,20-21H2,1-5H3,(H,37,43)(H,39,42). The minimum Gasteiger partial charge on any atom is -0.379 e. The van der Waals surface area contributed by atoms with Gasteiger partial charge >= 0.3 is 0 Å². The van der Waals surface area contributed by atoms with Gasteiger partial charge in [-0.3, -0.25) is 24.3 Å². The van der Waals surface area contributed by atoms with Gasteiger partial charge in [0.05, 0.1) is 24.8 Å². The molecule has 0 spiro atoms. The van der Waals surface area contributed by atoms with Gasteiger partial charge in [-0.1, -0.05) is 11.6 Å². The summed E-state index contributed by atoms with van der Waals surface area (Å²) in [6.07, 6.45) is 7.51. The molecule has 1 unspecified atom stereocenters. The molecule has 1 aliphatic carbocycles. The Labute approximate surface area is 266 Å². The second kappa shape index (κ2) is 14.5. The van der Waals surface area contributed by atoms with Crippen molar-refractivity contribution in [1.82, 2.24) is 20.5 Å². The highest BCUT2D eigenvalue weighted by Gasteiger charge is 2.28. The Morgan fingerprint density at radius 1 is 1.04 bits per heavy atom. The van der Waals surface area contributed by atoms with Gasteiger partial charge in [-0.05, 0) is 81.9 Å². The zero-order chi connectivity index (χ0) is 32.1. The molecule has 1 saturated carbocycles. The molecule has 0 bridgehead atoms. The molecule has 2 aliphatic heterocycles. The van der Waals surface area contributed by atoms with Gasteiger partial charge < -0.3 is 20.3 Å². The number of morpholine rings is 1. The van der Waals surface area contributed by atoms with Crippen molar-refractivity contribution in [3.63, 3.8) is 0 Å². The predicted octanol–water partition coefficient (Wildman–Crippen LogP) is 4.07. The molecule has 1 atom stereocenters. The monoisotopic (exact) mass is 614 g/mol. The number of benzene rings is 1. The number of carbonyl (C=O) groups excluding carboxylic acids is 3. The molecule has 5 rings (SSSR count). The van der Waals surface area contributed by atoms with Crippen LogP contribution >= 0.6 is 0 Å². The van der Waals surface area contributed by atoms with E-state index in [1.165, 1.54) is 0 Å². The largest absolute Gasteiger partial charge is 0.379 e. The Balaban J connectivity index is 1.40. The van der Waals surface area contributed by atoms with Crippen LogP contribution in [0.4, 0.5) is 5.69 Å². The minimum absolute atomic E-state index is 0.0122. The van der Waals surface area contributed by atoms with Gasteiger partial charge in [0.15, 0.2) is 0 Å². The molecule has 2 fully saturated rings.